The summed E-state index contributed by atoms with van der Waals surface area (Å²) in [5.41, 5.74) is 6.15. The van der Waals surface area contributed by atoms with Gasteiger partial charge in [-0.3, -0.25) is 9.59 Å². The van der Waals surface area contributed by atoms with Crippen molar-refractivity contribution in [2.45, 2.75) is 188 Å². The number of rotatable bonds is 36. The Morgan fingerprint density at radius 3 is 1.04 bits per heavy atom. The van der Waals surface area contributed by atoms with E-state index in [0.29, 0.717) is 39.6 Å². The SMILES string of the molecule is CCCCCCC(CCCCCC)C(=O)OCCCCOCC(N)COCCCCOC(=O)C(CCCCCC)CCCCCC. The van der Waals surface area contributed by atoms with Crippen LogP contribution in [0.2, 0.25) is 0 Å². The quantitative estimate of drug-likeness (QED) is 0.0530. The van der Waals surface area contributed by atoms with Gasteiger partial charge in [0.15, 0.2) is 0 Å². The number of carbonyl (C=O) groups is 2. The number of carbonyl (C=O) groups excluding carboxylic acids is 2. The summed E-state index contributed by atoms with van der Waals surface area (Å²) in [6.45, 7) is 11.9. The lowest BCUT2D eigenvalue weighted by Gasteiger charge is -2.16. The molecule has 0 unspecified atom stereocenters. The summed E-state index contributed by atoms with van der Waals surface area (Å²) in [4.78, 5) is 25.4. The molecule has 0 spiro atoms. The minimum Gasteiger partial charge on any atom is -0.465 e. The van der Waals surface area contributed by atoms with Gasteiger partial charge < -0.3 is 24.7 Å². The summed E-state index contributed by atoms with van der Waals surface area (Å²) in [5, 5.41) is 0. The maximum Gasteiger partial charge on any atom is 0.308 e. The Morgan fingerprint density at radius 1 is 0.435 bits per heavy atom. The first-order valence-corrected chi connectivity index (χ1v) is 19.7. The van der Waals surface area contributed by atoms with Crippen LogP contribution in [0.5, 0.6) is 0 Å². The van der Waals surface area contributed by atoms with Gasteiger partial charge in [0.2, 0.25) is 0 Å². The minimum absolute atomic E-state index is 0.00828. The van der Waals surface area contributed by atoms with E-state index < -0.39 is 0 Å². The summed E-state index contributed by atoms with van der Waals surface area (Å²) in [6, 6.07) is -0.169. The first-order chi connectivity index (χ1) is 22.5. The van der Waals surface area contributed by atoms with Gasteiger partial charge in [0.1, 0.15) is 0 Å². The Morgan fingerprint density at radius 2 is 0.739 bits per heavy atom. The molecule has 0 radical (unpaired) electrons. The van der Waals surface area contributed by atoms with Crippen LogP contribution < -0.4 is 5.73 Å². The molecule has 0 bridgehead atoms. The van der Waals surface area contributed by atoms with E-state index in [1.165, 1.54) is 77.0 Å². The molecule has 7 heteroatoms. The molecule has 274 valence electrons. The second-order valence-corrected chi connectivity index (χ2v) is 13.5. The molecule has 0 aliphatic rings. The molecule has 7 nitrogen and oxygen atoms in total. The molecule has 0 aliphatic heterocycles. The zero-order chi connectivity index (χ0) is 33.9. The third-order valence-corrected chi connectivity index (χ3v) is 8.81. The molecule has 0 aliphatic carbocycles. The van der Waals surface area contributed by atoms with Gasteiger partial charge >= 0.3 is 11.9 Å². The van der Waals surface area contributed by atoms with Crippen LogP contribution in [0.1, 0.15) is 182 Å². The van der Waals surface area contributed by atoms with Crippen molar-refractivity contribution >= 4 is 11.9 Å². The summed E-state index contributed by atoms with van der Waals surface area (Å²) in [7, 11) is 0. The second-order valence-electron chi connectivity index (χ2n) is 13.5. The van der Waals surface area contributed by atoms with E-state index in [0.717, 1.165) is 77.0 Å². The number of ether oxygens (including phenoxy) is 4. The van der Waals surface area contributed by atoms with Gasteiger partial charge in [-0.25, -0.2) is 0 Å². The topological polar surface area (TPSA) is 97.1 Å². The predicted molar refractivity (Wildman–Crippen MR) is 192 cm³/mol. The zero-order valence-electron chi connectivity index (χ0n) is 31.0. The highest BCUT2D eigenvalue weighted by Crippen LogP contribution is 2.21. The van der Waals surface area contributed by atoms with E-state index >= 15 is 0 Å². The number of hydrogen-bond acceptors (Lipinski definition) is 7. The molecule has 0 heterocycles. The van der Waals surface area contributed by atoms with Gasteiger partial charge in [-0.05, 0) is 51.4 Å². The summed E-state index contributed by atoms with van der Waals surface area (Å²) in [5.74, 6) is 0.0956. The maximum absolute atomic E-state index is 12.7. The maximum atomic E-state index is 12.7. The Labute approximate surface area is 285 Å². The number of hydrogen-bond donors (Lipinski definition) is 1. The molecular weight excluding hydrogens is 578 g/mol. The van der Waals surface area contributed by atoms with Crippen molar-refractivity contribution in [3.63, 3.8) is 0 Å². The number of unbranched alkanes of at least 4 members (excludes halogenated alkanes) is 14. The molecule has 0 saturated carbocycles. The lowest BCUT2D eigenvalue weighted by molar-refractivity contribution is -0.150. The van der Waals surface area contributed by atoms with E-state index in [2.05, 4.69) is 27.7 Å². The van der Waals surface area contributed by atoms with Crippen LogP contribution >= 0.6 is 0 Å². The Bertz CT molecular complexity index is 582. The molecule has 0 saturated heterocycles. The fourth-order valence-corrected chi connectivity index (χ4v) is 5.74. The fraction of sp³-hybridized carbons (Fsp3) is 0.949. The average molecular weight is 656 g/mol. The zero-order valence-corrected chi connectivity index (χ0v) is 31.0. The van der Waals surface area contributed by atoms with Gasteiger partial charge in [-0.1, -0.05) is 130 Å². The Hall–Kier alpha value is -1.18. The summed E-state index contributed by atoms with van der Waals surface area (Å²) >= 11 is 0. The third-order valence-electron chi connectivity index (χ3n) is 8.81. The van der Waals surface area contributed by atoms with E-state index in [1.807, 2.05) is 0 Å². The molecule has 46 heavy (non-hydrogen) atoms. The standard InChI is InChI=1S/C39H77NO6/c1-5-9-13-17-25-35(26-18-14-10-6-2)38(41)45-31-23-21-29-43-33-37(40)34-44-30-22-24-32-46-39(42)36(27-19-15-11-7-3)28-20-16-12-8-4/h35-37H,5-34,40H2,1-4H3. The van der Waals surface area contributed by atoms with Gasteiger partial charge in [0, 0.05) is 13.2 Å². The van der Waals surface area contributed by atoms with E-state index in [-0.39, 0.29) is 29.8 Å². The van der Waals surface area contributed by atoms with Crippen molar-refractivity contribution in [3.8, 4) is 0 Å². The molecular formula is C39H77NO6. The lowest BCUT2D eigenvalue weighted by atomic mass is 9.94. The van der Waals surface area contributed by atoms with Crippen molar-refractivity contribution in [2.24, 2.45) is 17.6 Å². The highest BCUT2D eigenvalue weighted by Gasteiger charge is 2.20. The number of nitrogens with two attached hydrogens (primary N) is 1. The Kier molecular flexibility index (Phi) is 34.2. The van der Waals surface area contributed by atoms with Gasteiger partial charge in [0.25, 0.3) is 0 Å². The molecule has 0 atom stereocenters. The van der Waals surface area contributed by atoms with E-state index in [9.17, 15) is 9.59 Å². The van der Waals surface area contributed by atoms with Crippen LogP contribution in [0, 0.1) is 11.8 Å². The molecule has 0 aromatic carbocycles. The third kappa shape index (κ3) is 29.0. The van der Waals surface area contributed by atoms with Crippen molar-refractivity contribution < 1.29 is 28.5 Å². The molecule has 0 rings (SSSR count). The van der Waals surface area contributed by atoms with Crippen molar-refractivity contribution in [1.82, 2.24) is 0 Å². The molecule has 0 aromatic rings. The lowest BCUT2D eigenvalue weighted by Crippen LogP contribution is -2.31. The van der Waals surface area contributed by atoms with Crippen LogP contribution in [0.3, 0.4) is 0 Å². The van der Waals surface area contributed by atoms with Crippen molar-refractivity contribution in [3.05, 3.63) is 0 Å². The molecule has 0 amide bonds. The van der Waals surface area contributed by atoms with Gasteiger partial charge in [0.05, 0.1) is 44.3 Å². The summed E-state index contributed by atoms with van der Waals surface area (Å²) in [6.07, 6.45) is 26.2. The largest absolute Gasteiger partial charge is 0.465 e. The van der Waals surface area contributed by atoms with Crippen molar-refractivity contribution in [2.75, 3.05) is 39.6 Å². The molecule has 2 N–H and O–H groups in total. The normalized spacial score (nSPS) is 11.7. The molecule has 0 fully saturated rings. The monoisotopic (exact) mass is 656 g/mol. The first kappa shape index (κ1) is 44.8. The second kappa shape index (κ2) is 35.1. The van der Waals surface area contributed by atoms with E-state index in [1.54, 1.807) is 0 Å². The van der Waals surface area contributed by atoms with Crippen LogP contribution in [0.4, 0.5) is 0 Å². The predicted octanol–water partition coefficient (Wildman–Crippen LogP) is 10.1. The minimum atomic E-state index is -0.169. The number of esters is 2. The van der Waals surface area contributed by atoms with Crippen LogP contribution in [-0.2, 0) is 28.5 Å². The van der Waals surface area contributed by atoms with Crippen LogP contribution in [0.15, 0.2) is 0 Å². The van der Waals surface area contributed by atoms with Gasteiger partial charge in [-0.15, -0.1) is 0 Å². The highest BCUT2D eigenvalue weighted by atomic mass is 16.5. The van der Waals surface area contributed by atoms with Crippen molar-refractivity contribution in [1.29, 1.82) is 0 Å². The molecule has 0 aromatic heterocycles. The van der Waals surface area contributed by atoms with Gasteiger partial charge in [-0.2, -0.15) is 0 Å². The summed E-state index contributed by atoms with van der Waals surface area (Å²) < 4.78 is 22.7. The first-order valence-electron chi connectivity index (χ1n) is 19.7. The Balaban J connectivity index is 3.93. The van der Waals surface area contributed by atoms with E-state index in [4.69, 9.17) is 24.7 Å². The smallest absolute Gasteiger partial charge is 0.308 e. The van der Waals surface area contributed by atoms with Crippen LogP contribution in [0.25, 0.3) is 0 Å². The fourth-order valence-electron chi connectivity index (χ4n) is 5.74. The van der Waals surface area contributed by atoms with Crippen LogP contribution in [-0.4, -0.2) is 57.6 Å². The average Bonchev–Trinajstić information content (AvgIpc) is 3.05. The highest BCUT2D eigenvalue weighted by molar-refractivity contribution is 5.72.